The van der Waals surface area contributed by atoms with Crippen molar-refractivity contribution >= 4 is 11.2 Å². The first-order valence-electron chi connectivity index (χ1n) is 6.62. The average Bonchev–Trinajstić information content (AvgIpc) is 2.82. The number of imidazole rings is 1. The molecule has 5 atom stereocenters. The third-order valence-corrected chi connectivity index (χ3v) is 3.74. The van der Waals surface area contributed by atoms with Gasteiger partial charge in [0.15, 0.2) is 17.4 Å². The Kier molecular flexibility index (Phi) is 3.69. The number of aliphatic hydroxyl groups is 4. The predicted molar refractivity (Wildman–Crippen MR) is 72.8 cm³/mol. The number of aliphatic hydroxyl groups excluding tert-OH is 4. The summed E-state index contributed by atoms with van der Waals surface area (Å²) in [6.45, 7) is -0.685. The lowest BCUT2D eigenvalue weighted by Crippen LogP contribution is -2.57. The lowest BCUT2D eigenvalue weighted by atomic mass is 9.98. The van der Waals surface area contributed by atoms with Crippen molar-refractivity contribution in [2.24, 2.45) is 0 Å². The summed E-state index contributed by atoms with van der Waals surface area (Å²) < 4.78 is 5.97. The van der Waals surface area contributed by atoms with Crippen molar-refractivity contribution in [3.8, 4) is 0 Å². The number of aromatic amines is 3. The topological polar surface area (TPSA) is 194 Å². The minimum absolute atomic E-state index is 0.256. The zero-order valence-electron chi connectivity index (χ0n) is 11.5. The van der Waals surface area contributed by atoms with E-state index in [0.717, 1.165) is 4.57 Å². The molecule has 0 bridgehead atoms. The van der Waals surface area contributed by atoms with Crippen LogP contribution in [0.4, 0.5) is 0 Å². The molecular weight excluding hydrogens is 316 g/mol. The molecule has 0 saturated carbocycles. The van der Waals surface area contributed by atoms with E-state index >= 15 is 0 Å². The fourth-order valence-electron chi connectivity index (χ4n) is 2.58. The number of nitrogens with one attached hydrogen (secondary N) is 3. The molecule has 3 heterocycles. The second kappa shape index (κ2) is 5.43. The molecule has 126 valence electrons. The number of fused-ring (bicyclic) bond motifs is 1. The summed E-state index contributed by atoms with van der Waals surface area (Å²) in [5.74, 6) is 0. The molecule has 7 N–H and O–H groups in total. The molecule has 12 heteroatoms. The van der Waals surface area contributed by atoms with E-state index in [9.17, 15) is 29.7 Å². The maximum Gasteiger partial charge on any atom is 0.330 e. The van der Waals surface area contributed by atoms with Crippen molar-refractivity contribution in [2.75, 3.05) is 6.61 Å². The van der Waals surface area contributed by atoms with Gasteiger partial charge in [0.05, 0.1) is 6.61 Å². The smallest absolute Gasteiger partial charge is 0.330 e. The summed E-state index contributed by atoms with van der Waals surface area (Å²) >= 11 is 0. The quantitative estimate of drug-likeness (QED) is 0.287. The van der Waals surface area contributed by atoms with Gasteiger partial charge in [-0.1, -0.05) is 0 Å². The number of hydrogen-bond donors (Lipinski definition) is 7. The summed E-state index contributed by atoms with van der Waals surface area (Å²) in [6.07, 6.45) is -7.84. The molecule has 23 heavy (non-hydrogen) atoms. The maximum absolute atomic E-state index is 12.1. The summed E-state index contributed by atoms with van der Waals surface area (Å²) in [5.41, 5.74) is -3.15. The highest BCUT2D eigenvalue weighted by Gasteiger charge is 2.45. The van der Waals surface area contributed by atoms with E-state index in [1.54, 1.807) is 0 Å². The van der Waals surface area contributed by atoms with Crippen molar-refractivity contribution in [3.63, 3.8) is 0 Å². The number of hydrogen-bond acceptors (Lipinski definition) is 8. The third kappa shape index (κ3) is 2.32. The molecular formula is C11H14N4O8. The van der Waals surface area contributed by atoms with Crippen LogP contribution < -0.4 is 16.9 Å². The number of rotatable bonds is 2. The Balaban J connectivity index is 2.20. The number of nitrogens with zero attached hydrogens (tertiary/aromatic N) is 1. The van der Waals surface area contributed by atoms with E-state index in [4.69, 9.17) is 9.84 Å². The highest BCUT2D eigenvalue weighted by Crippen LogP contribution is 2.28. The van der Waals surface area contributed by atoms with Gasteiger partial charge in [-0.15, -0.1) is 0 Å². The Morgan fingerprint density at radius 2 is 1.70 bits per heavy atom. The first kappa shape index (κ1) is 15.6. The van der Waals surface area contributed by atoms with Crippen LogP contribution in [0, 0.1) is 0 Å². The van der Waals surface area contributed by atoms with Gasteiger partial charge in [-0.25, -0.2) is 14.2 Å². The normalized spacial score (nSPS) is 31.6. The van der Waals surface area contributed by atoms with Crippen LogP contribution >= 0.6 is 0 Å². The Morgan fingerprint density at radius 1 is 1.00 bits per heavy atom. The van der Waals surface area contributed by atoms with Gasteiger partial charge >= 0.3 is 11.4 Å². The third-order valence-electron chi connectivity index (χ3n) is 3.74. The molecule has 1 saturated heterocycles. The zero-order valence-corrected chi connectivity index (χ0v) is 11.5. The molecule has 0 amide bonds. The number of H-pyrrole nitrogens is 3. The van der Waals surface area contributed by atoms with Crippen molar-refractivity contribution in [3.05, 3.63) is 31.3 Å². The van der Waals surface area contributed by atoms with E-state index in [-0.39, 0.29) is 11.2 Å². The van der Waals surface area contributed by atoms with Crippen molar-refractivity contribution in [1.29, 1.82) is 0 Å². The first-order chi connectivity index (χ1) is 10.8. The highest BCUT2D eigenvalue weighted by molar-refractivity contribution is 5.68. The largest absolute Gasteiger partial charge is 0.394 e. The van der Waals surface area contributed by atoms with Gasteiger partial charge in [-0.3, -0.25) is 19.7 Å². The molecule has 3 rings (SSSR count). The summed E-state index contributed by atoms with van der Waals surface area (Å²) in [6, 6.07) is 0. The number of aromatic nitrogens is 4. The fraction of sp³-hybridized carbons (Fsp3) is 0.545. The Hall–Kier alpha value is -2.25. The standard InChI is InChI=1S/C11H14N4O8/c16-1-2-4(17)5(18)6(19)9(23-2)15-7-3(12-11(15)22)8(20)14-10(21)13-7/h2,4-6,9,16-19H,1H2,(H,12,22)(H2,13,14,20,21)/t2-,4-,5+,6-,9?/m1/s1. The molecule has 2 aromatic rings. The fourth-order valence-corrected chi connectivity index (χ4v) is 2.58. The van der Waals surface area contributed by atoms with Gasteiger partial charge in [0.25, 0.3) is 5.56 Å². The summed E-state index contributed by atoms with van der Waals surface area (Å²) in [7, 11) is 0. The first-order valence-corrected chi connectivity index (χ1v) is 6.62. The van der Waals surface area contributed by atoms with Gasteiger partial charge in [0, 0.05) is 0 Å². The molecule has 0 aliphatic carbocycles. The maximum atomic E-state index is 12.1. The molecule has 12 nitrogen and oxygen atoms in total. The van der Waals surface area contributed by atoms with Crippen molar-refractivity contribution in [1.82, 2.24) is 19.5 Å². The molecule has 0 spiro atoms. The lowest BCUT2D eigenvalue weighted by Gasteiger charge is -2.40. The molecule has 1 aliphatic heterocycles. The molecule has 0 aromatic carbocycles. The molecule has 1 unspecified atom stereocenters. The van der Waals surface area contributed by atoms with Gasteiger partial charge in [-0.2, -0.15) is 0 Å². The van der Waals surface area contributed by atoms with Gasteiger partial charge in [0.2, 0.25) is 0 Å². The minimum atomic E-state index is -1.74. The van der Waals surface area contributed by atoms with Crippen LogP contribution in [0.15, 0.2) is 14.4 Å². The van der Waals surface area contributed by atoms with Gasteiger partial charge in [0.1, 0.15) is 24.4 Å². The second-order valence-corrected chi connectivity index (χ2v) is 5.15. The minimum Gasteiger partial charge on any atom is -0.394 e. The predicted octanol–water partition coefficient (Wildman–Crippen LogP) is -4.32. The molecule has 1 fully saturated rings. The SMILES string of the molecule is O=c1[nH]c(=O)c2[nH]c(=O)n(C3O[C@H](CO)[C@@H](O)[C@H](O)[C@H]3O)c2[nH]1. The highest BCUT2D eigenvalue weighted by atomic mass is 16.6. The van der Waals surface area contributed by atoms with E-state index in [0.29, 0.717) is 0 Å². The van der Waals surface area contributed by atoms with E-state index in [1.807, 2.05) is 4.98 Å². The van der Waals surface area contributed by atoms with Crippen LogP contribution in [0.5, 0.6) is 0 Å². The summed E-state index contributed by atoms with van der Waals surface area (Å²) in [5, 5.41) is 38.7. The molecule has 1 aliphatic rings. The Morgan fingerprint density at radius 3 is 2.35 bits per heavy atom. The zero-order chi connectivity index (χ0) is 16.9. The summed E-state index contributed by atoms with van der Waals surface area (Å²) in [4.78, 5) is 41.5. The van der Waals surface area contributed by atoms with Crippen molar-refractivity contribution in [2.45, 2.75) is 30.6 Å². The van der Waals surface area contributed by atoms with Crippen LogP contribution in [0.2, 0.25) is 0 Å². The monoisotopic (exact) mass is 330 g/mol. The van der Waals surface area contributed by atoms with Crippen LogP contribution in [0.3, 0.4) is 0 Å². The molecule has 2 aromatic heterocycles. The van der Waals surface area contributed by atoms with Crippen LogP contribution in [0.25, 0.3) is 11.2 Å². The van der Waals surface area contributed by atoms with Crippen LogP contribution in [0.1, 0.15) is 6.23 Å². The van der Waals surface area contributed by atoms with E-state index < -0.39 is 54.2 Å². The Labute approximate surface area is 125 Å². The lowest BCUT2D eigenvalue weighted by molar-refractivity contribution is -0.251. The van der Waals surface area contributed by atoms with E-state index in [1.165, 1.54) is 0 Å². The van der Waals surface area contributed by atoms with Gasteiger partial charge in [-0.05, 0) is 0 Å². The molecule has 0 radical (unpaired) electrons. The van der Waals surface area contributed by atoms with Gasteiger partial charge < -0.3 is 25.2 Å². The average molecular weight is 330 g/mol. The van der Waals surface area contributed by atoms with Crippen molar-refractivity contribution < 1.29 is 25.2 Å². The van der Waals surface area contributed by atoms with E-state index in [2.05, 4.69) is 9.97 Å². The van der Waals surface area contributed by atoms with Crippen LogP contribution in [-0.4, -0.2) is 71.0 Å². The second-order valence-electron chi connectivity index (χ2n) is 5.15. The van der Waals surface area contributed by atoms with Crippen LogP contribution in [-0.2, 0) is 4.74 Å². The number of ether oxygens (including phenoxy) is 1. The Bertz CT molecular complexity index is 892.